The molecule has 2 heterocycles. The number of aliphatic imine (C=N–C) groups is 1. The summed E-state index contributed by atoms with van der Waals surface area (Å²) in [5.74, 6) is 1.20. The van der Waals surface area contributed by atoms with Gasteiger partial charge in [-0.2, -0.15) is 0 Å². The molecule has 1 aromatic heterocycles. The Kier molecular flexibility index (Phi) is 1.68. The van der Waals surface area contributed by atoms with E-state index in [1.54, 1.807) is 0 Å². The molecule has 3 nitrogen and oxygen atoms in total. The van der Waals surface area contributed by atoms with Crippen LogP contribution in [0.5, 0.6) is 0 Å². The molecule has 0 aliphatic carbocycles. The first kappa shape index (κ1) is 8.35. The fraction of sp³-hybridized carbons (Fsp3) is 0.500. The molecule has 0 bridgehead atoms. The van der Waals surface area contributed by atoms with E-state index >= 15 is 0 Å². The highest BCUT2D eigenvalue weighted by atomic mass is 15.0. The number of hydrogen-bond acceptors (Lipinski definition) is 3. The van der Waals surface area contributed by atoms with Crippen molar-refractivity contribution in [3.8, 4) is 0 Å². The monoisotopic (exact) mass is 175 g/mol. The predicted octanol–water partition coefficient (Wildman–Crippen LogP) is 2.30. The fourth-order valence-electron chi connectivity index (χ4n) is 1.64. The number of fused-ring (bicyclic) bond motifs is 1. The van der Waals surface area contributed by atoms with Crippen molar-refractivity contribution in [2.24, 2.45) is 4.99 Å². The van der Waals surface area contributed by atoms with Crippen LogP contribution >= 0.6 is 0 Å². The first-order chi connectivity index (χ1) is 6.09. The smallest absolute Gasteiger partial charge is 0.125 e. The molecular weight excluding hydrogens is 162 g/mol. The molecule has 0 saturated heterocycles. The third-order valence-electron chi connectivity index (χ3n) is 2.52. The van der Waals surface area contributed by atoms with Crippen molar-refractivity contribution in [2.75, 3.05) is 0 Å². The molecule has 1 aliphatic heterocycles. The summed E-state index contributed by atoms with van der Waals surface area (Å²) >= 11 is 0. The number of aromatic nitrogens is 2. The van der Waals surface area contributed by atoms with Gasteiger partial charge in [0.2, 0.25) is 0 Å². The lowest BCUT2D eigenvalue weighted by atomic mass is 10.0. The second-order valence-electron chi connectivity index (χ2n) is 3.56. The van der Waals surface area contributed by atoms with Gasteiger partial charge in [0.1, 0.15) is 11.5 Å². The van der Waals surface area contributed by atoms with Gasteiger partial charge < -0.3 is 0 Å². The van der Waals surface area contributed by atoms with E-state index in [4.69, 9.17) is 0 Å². The van der Waals surface area contributed by atoms with Crippen molar-refractivity contribution in [1.29, 1.82) is 0 Å². The Labute approximate surface area is 77.9 Å². The van der Waals surface area contributed by atoms with Crippen molar-refractivity contribution < 1.29 is 0 Å². The second kappa shape index (κ2) is 2.62. The van der Waals surface area contributed by atoms with Gasteiger partial charge in [0.25, 0.3) is 0 Å². The lowest BCUT2D eigenvalue weighted by Gasteiger charge is -2.05. The Hall–Kier alpha value is -1.25. The summed E-state index contributed by atoms with van der Waals surface area (Å²) in [7, 11) is 0. The third-order valence-corrected chi connectivity index (χ3v) is 2.52. The molecule has 1 aromatic rings. The van der Waals surface area contributed by atoms with Crippen molar-refractivity contribution in [3.63, 3.8) is 0 Å². The minimum absolute atomic E-state index is 0.357. The molecule has 0 N–H and O–H groups in total. The van der Waals surface area contributed by atoms with E-state index in [2.05, 4.69) is 21.9 Å². The zero-order valence-corrected chi connectivity index (χ0v) is 8.42. The Morgan fingerprint density at radius 2 is 1.77 bits per heavy atom. The molecule has 0 spiro atoms. The highest BCUT2D eigenvalue weighted by molar-refractivity contribution is 5.95. The van der Waals surface area contributed by atoms with Crippen LogP contribution in [0.1, 0.15) is 37.0 Å². The lowest BCUT2D eigenvalue weighted by Crippen LogP contribution is -2.03. The van der Waals surface area contributed by atoms with Gasteiger partial charge in [-0.3, -0.25) is 4.99 Å². The summed E-state index contributed by atoms with van der Waals surface area (Å²) in [6.07, 6.45) is 0. The van der Waals surface area contributed by atoms with Gasteiger partial charge in [-0.1, -0.05) is 6.92 Å². The van der Waals surface area contributed by atoms with E-state index in [0.717, 1.165) is 28.6 Å². The van der Waals surface area contributed by atoms with E-state index in [1.165, 1.54) is 0 Å². The summed E-state index contributed by atoms with van der Waals surface area (Å²) in [5, 5.41) is 0. The van der Waals surface area contributed by atoms with Crippen LogP contribution in [-0.2, 0) is 0 Å². The zero-order chi connectivity index (χ0) is 9.59. The van der Waals surface area contributed by atoms with E-state index in [1.807, 2.05) is 20.8 Å². The summed E-state index contributed by atoms with van der Waals surface area (Å²) in [6.45, 7) is 8.09. The molecule has 13 heavy (non-hydrogen) atoms. The molecular formula is C10H13N3. The van der Waals surface area contributed by atoms with Gasteiger partial charge in [-0.15, -0.1) is 0 Å². The molecule has 1 unspecified atom stereocenters. The van der Waals surface area contributed by atoms with Crippen molar-refractivity contribution in [3.05, 3.63) is 17.2 Å². The average molecular weight is 175 g/mol. The van der Waals surface area contributed by atoms with E-state index < -0.39 is 0 Å². The molecule has 0 aromatic carbocycles. The first-order valence-electron chi connectivity index (χ1n) is 4.50. The molecule has 0 radical (unpaired) electrons. The van der Waals surface area contributed by atoms with Crippen LogP contribution < -0.4 is 0 Å². The fourth-order valence-corrected chi connectivity index (χ4v) is 1.64. The lowest BCUT2D eigenvalue weighted by molar-refractivity contribution is 0.908. The van der Waals surface area contributed by atoms with E-state index in [0.29, 0.717) is 5.92 Å². The Bertz CT molecular complexity index is 393. The minimum atomic E-state index is 0.357. The van der Waals surface area contributed by atoms with Crippen LogP contribution in [0, 0.1) is 13.8 Å². The average Bonchev–Trinajstić information content (AvgIpc) is 2.32. The summed E-state index contributed by atoms with van der Waals surface area (Å²) in [5.41, 5.74) is 4.20. The minimum Gasteiger partial charge on any atom is -0.254 e. The normalized spacial score (nSPS) is 20.0. The summed E-state index contributed by atoms with van der Waals surface area (Å²) in [4.78, 5) is 13.2. The highest BCUT2D eigenvalue weighted by Crippen LogP contribution is 2.35. The van der Waals surface area contributed by atoms with E-state index in [9.17, 15) is 0 Å². The van der Waals surface area contributed by atoms with Gasteiger partial charge >= 0.3 is 0 Å². The van der Waals surface area contributed by atoms with Crippen LogP contribution in [-0.4, -0.2) is 15.7 Å². The van der Waals surface area contributed by atoms with Gasteiger partial charge in [0.15, 0.2) is 0 Å². The Balaban J connectivity index is 2.66. The maximum Gasteiger partial charge on any atom is 0.125 e. The molecule has 1 atom stereocenters. The number of nitrogens with zero attached hydrogens (tertiary/aromatic N) is 3. The summed E-state index contributed by atoms with van der Waals surface area (Å²) < 4.78 is 0. The Morgan fingerprint density at radius 1 is 1.08 bits per heavy atom. The second-order valence-corrected chi connectivity index (χ2v) is 3.56. The predicted molar refractivity (Wildman–Crippen MR) is 52.7 cm³/mol. The molecule has 1 aliphatic rings. The molecule has 0 amide bonds. The highest BCUT2D eigenvalue weighted by Gasteiger charge is 2.23. The van der Waals surface area contributed by atoms with Crippen LogP contribution in [0.2, 0.25) is 0 Å². The number of hydrogen-bond donors (Lipinski definition) is 0. The SMILES string of the molecule is CC1=Nc2c(C)nc(C)nc2C1C. The quantitative estimate of drug-likeness (QED) is 0.606. The van der Waals surface area contributed by atoms with Crippen LogP contribution in [0.4, 0.5) is 5.69 Å². The largest absolute Gasteiger partial charge is 0.254 e. The molecule has 0 fully saturated rings. The van der Waals surface area contributed by atoms with Crippen molar-refractivity contribution in [1.82, 2.24) is 9.97 Å². The van der Waals surface area contributed by atoms with Gasteiger partial charge in [-0.25, -0.2) is 9.97 Å². The number of aryl methyl sites for hydroxylation is 2. The first-order valence-corrected chi connectivity index (χ1v) is 4.50. The van der Waals surface area contributed by atoms with E-state index in [-0.39, 0.29) is 0 Å². The maximum atomic E-state index is 4.47. The standard InChI is InChI=1S/C10H13N3/c1-5-6(2)12-10-7(3)11-8(4)13-9(5)10/h5H,1-4H3. The molecule has 2 rings (SSSR count). The topological polar surface area (TPSA) is 38.1 Å². The van der Waals surface area contributed by atoms with Gasteiger partial charge in [-0.05, 0) is 20.8 Å². The molecule has 3 heteroatoms. The third kappa shape index (κ3) is 1.15. The van der Waals surface area contributed by atoms with Crippen LogP contribution in [0.25, 0.3) is 0 Å². The maximum absolute atomic E-state index is 4.47. The van der Waals surface area contributed by atoms with Crippen LogP contribution in [0.15, 0.2) is 4.99 Å². The zero-order valence-electron chi connectivity index (χ0n) is 8.42. The van der Waals surface area contributed by atoms with Gasteiger partial charge in [0, 0.05) is 11.6 Å². The van der Waals surface area contributed by atoms with Crippen molar-refractivity contribution >= 4 is 11.4 Å². The van der Waals surface area contributed by atoms with Crippen LogP contribution in [0.3, 0.4) is 0 Å². The number of rotatable bonds is 0. The summed E-state index contributed by atoms with van der Waals surface area (Å²) in [6, 6.07) is 0. The van der Waals surface area contributed by atoms with Gasteiger partial charge in [0.05, 0.1) is 11.4 Å². The Morgan fingerprint density at radius 3 is 2.46 bits per heavy atom. The van der Waals surface area contributed by atoms with Crippen molar-refractivity contribution in [2.45, 2.75) is 33.6 Å². The molecule has 68 valence electrons. The molecule has 0 saturated carbocycles.